The Labute approximate surface area is 98.0 Å². The molecule has 0 fully saturated rings. The highest BCUT2D eigenvalue weighted by molar-refractivity contribution is 5.76. The molecule has 0 aliphatic heterocycles. The predicted molar refractivity (Wildman–Crippen MR) is 61.9 cm³/mol. The number of hydrogen-bond acceptors (Lipinski definition) is 3. The molecule has 0 aliphatic rings. The van der Waals surface area contributed by atoms with Crippen molar-refractivity contribution in [2.75, 3.05) is 7.11 Å². The molecule has 0 bridgehead atoms. The number of carbonyl (C=O) groups is 1. The van der Waals surface area contributed by atoms with E-state index in [1.54, 1.807) is 7.11 Å². The highest BCUT2D eigenvalue weighted by Gasteiger charge is 2.13. The number of benzene rings is 1. The van der Waals surface area contributed by atoms with Crippen molar-refractivity contribution >= 4 is 5.97 Å². The molecule has 17 heavy (non-hydrogen) atoms. The largest absolute Gasteiger partial charge is 0.496 e. The number of ether oxygens (including phenoxy) is 1. The molecule has 0 atom stereocenters. The first-order chi connectivity index (χ1) is 8.22. The highest BCUT2D eigenvalue weighted by Crippen LogP contribution is 2.30. The lowest BCUT2D eigenvalue weighted by Gasteiger charge is -2.07. The molecule has 0 spiro atoms. The molecule has 0 saturated heterocycles. The Morgan fingerprint density at radius 1 is 1.47 bits per heavy atom. The van der Waals surface area contributed by atoms with E-state index in [1.165, 1.54) is 6.20 Å². The van der Waals surface area contributed by atoms with Gasteiger partial charge in [0.15, 0.2) is 0 Å². The van der Waals surface area contributed by atoms with E-state index >= 15 is 0 Å². The van der Waals surface area contributed by atoms with Gasteiger partial charge >= 0.3 is 5.97 Å². The van der Waals surface area contributed by atoms with Crippen molar-refractivity contribution in [1.82, 2.24) is 10.2 Å². The smallest absolute Gasteiger partial charge is 0.307 e. The van der Waals surface area contributed by atoms with Crippen molar-refractivity contribution in [1.29, 1.82) is 0 Å². The Kier molecular flexibility index (Phi) is 3.09. The molecule has 0 saturated carbocycles. The van der Waals surface area contributed by atoms with Crippen molar-refractivity contribution in [3.63, 3.8) is 0 Å². The van der Waals surface area contributed by atoms with Crippen LogP contribution in [0.25, 0.3) is 11.3 Å². The number of carboxylic acids is 1. The second-order valence-corrected chi connectivity index (χ2v) is 3.54. The van der Waals surface area contributed by atoms with Gasteiger partial charge in [-0.1, -0.05) is 12.1 Å². The van der Waals surface area contributed by atoms with Crippen molar-refractivity contribution in [3.05, 3.63) is 36.0 Å². The third-order valence-electron chi connectivity index (χ3n) is 2.44. The summed E-state index contributed by atoms with van der Waals surface area (Å²) < 4.78 is 5.23. The molecule has 0 unspecified atom stereocenters. The van der Waals surface area contributed by atoms with Crippen LogP contribution in [0.1, 0.15) is 5.56 Å². The fourth-order valence-corrected chi connectivity index (χ4v) is 1.69. The zero-order valence-corrected chi connectivity index (χ0v) is 9.30. The minimum absolute atomic E-state index is 0.0656. The molecule has 1 heterocycles. The number of methoxy groups -OCH3 is 1. The second-order valence-electron chi connectivity index (χ2n) is 3.54. The molecular weight excluding hydrogens is 220 g/mol. The van der Waals surface area contributed by atoms with Crippen LogP contribution in [0.5, 0.6) is 5.75 Å². The molecule has 1 aromatic heterocycles. The van der Waals surface area contributed by atoms with Gasteiger partial charge in [0.25, 0.3) is 0 Å². The summed E-state index contributed by atoms with van der Waals surface area (Å²) in [4.78, 5) is 10.7. The van der Waals surface area contributed by atoms with Gasteiger partial charge in [-0.3, -0.25) is 9.89 Å². The fraction of sp³-hybridized carbons (Fsp3) is 0.167. The van der Waals surface area contributed by atoms with Gasteiger partial charge in [0.1, 0.15) is 5.75 Å². The predicted octanol–water partition coefficient (Wildman–Crippen LogP) is 1.71. The zero-order valence-electron chi connectivity index (χ0n) is 9.30. The normalized spacial score (nSPS) is 10.2. The lowest BCUT2D eigenvalue weighted by molar-refractivity contribution is -0.136. The van der Waals surface area contributed by atoms with Crippen LogP contribution in [0, 0.1) is 0 Å². The Bertz CT molecular complexity index is 534. The van der Waals surface area contributed by atoms with Crippen LogP contribution in [-0.2, 0) is 11.2 Å². The zero-order chi connectivity index (χ0) is 12.3. The SMILES string of the molecule is COc1ccccc1-c1[nH]ncc1CC(=O)O. The highest BCUT2D eigenvalue weighted by atomic mass is 16.5. The van der Waals surface area contributed by atoms with Gasteiger partial charge in [-0.25, -0.2) is 0 Å². The quantitative estimate of drug-likeness (QED) is 0.841. The number of carboxylic acid groups (broad SMARTS) is 1. The number of H-pyrrole nitrogens is 1. The van der Waals surface area contributed by atoms with Crippen LogP contribution in [0.2, 0.25) is 0 Å². The van der Waals surface area contributed by atoms with E-state index < -0.39 is 5.97 Å². The maximum atomic E-state index is 10.7. The van der Waals surface area contributed by atoms with Crippen molar-refractivity contribution in [2.45, 2.75) is 6.42 Å². The monoisotopic (exact) mass is 232 g/mol. The molecule has 0 radical (unpaired) electrons. The van der Waals surface area contributed by atoms with E-state index in [0.717, 1.165) is 5.56 Å². The van der Waals surface area contributed by atoms with E-state index in [9.17, 15) is 4.79 Å². The Hall–Kier alpha value is -2.30. The summed E-state index contributed by atoms with van der Waals surface area (Å²) in [6.45, 7) is 0. The molecule has 88 valence electrons. The molecule has 0 aliphatic carbocycles. The lowest BCUT2D eigenvalue weighted by Crippen LogP contribution is -2.00. The summed E-state index contributed by atoms with van der Waals surface area (Å²) in [5, 5.41) is 15.5. The first-order valence-electron chi connectivity index (χ1n) is 5.10. The topological polar surface area (TPSA) is 75.2 Å². The summed E-state index contributed by atoms with van der Waals surface area (Å²) in [6, 6.07) is 7.40. The summed E-state index contributed by atoms with van der Waals surface area (Å²) in [5.74, 6) is -0.203. The molecule has 2 N–H and O–H groups in total. The van der Waals surface area contributed by atoms with Crippen LogP contribution < -0.4 is 4.74 Å². The molecule has 1 aromatic carbocycles. The van der Waals surface area contributed by atoms with Crippen molar-refractivity contribution < 1.29 is 14.6 Å². The summed E-state index contributed by atoms with van der Waals surface area (Å²) >= 11 is 0. The number of aromatic nitrogens is 2. The van der Waals surface area contributed by atoms with Gasteiger partial charge in [0.05, 0.1) is 25.4 Å². The van der Waals surface area contributed by atoms with Crippen molar-refractivity contribution in [3.8, 4) is 17.0 Å². The fourth-order valence-electron chi connectivity index (χ4n) is 1.69. The molecule has 5 heteroatoms. The number of nitrogens with zero attached hydrogens (tertiary/aromatic N) is 1. The van der Waals surface area contributed by atoms with E-state index in [4.69, 9.17) is 9.84 Å². The third-order valence-corrected chi connectivity index (χ3v) is 2.44. The average molecular weight is 232 g/mol. The first kappa shape index (κ1) is 11.2. The van der Waals surface area contributed by atoms with Gasteiger partial charge in [-0.05, 0) is 12.1 Å². The summed E-state index contributed by atoms with van der Waals surface area (Å²) in [5.41, 5.74) is 2.13. The summed E-state index contributed by atoms with van der Waals surface area (Å²) in [6.07, 6.45) is 1.46. The van der Waals surface area contributed by atoms with E-state index in [2.05, 4.69) is 10.2 Å². The van der Waals surface area contributed by atoms with Crippen LogP contribution in [0.4, 0.5) is 0 Å². The van der Waals surface area contributed by atoms with Gasteiger partial charge in [0, 0.05) is 11.1 Å². The van der Waals surface area contributed by atoms with Gasteiger partial charge < -0.3 is 9.84 Å². The number of rotatable bonds is 4. The molecule has 0 amide bonds. The van der Waals surface area contributed by atoms with Crippen LogP contribution in [0.15, 0.2) is 30.5 Å². The van der Waals surface area contributed by atoms with E-state index in [0.29, 0.717) is 17.0 Å². The van der Waals surface area contributed by atoms with E-state index in [1.807, 2.05) is 24.3 Å². The lowest BCUT2D eigenvalue weighted by atomic mass is 10.1. The molecule has 5 nitrogen and oxygen atoms in total. The number of para-hydroxylation sites is 1. The number of aliphatic carboxylic acids is 1. The molecule has 2 aromatic rings. The van der Waals surface area contributed by atoms with Crippen LogP contribution in [0.3, 0.4) is 0 Å². The van der Waals surface area contributed by atoms with Gasteiger partial charge in [-0.2, -0.15) is 5.10 Å². The second kappa shape index (κ2) is 4.69. The van der Waals surface area contributed by atoms with Crippen LogP contribution >= 0.6 is 0 Å². The molecule has 2 rings (SSSR count). The Morgan fingerprint density at radius 3 is 2.94 bits per heavy atom. The minimum Gasteiger partial charge on any atom is -0.496 e. The van der Waals surface area contributed by atoms with Crippen molar-refractivity contribution in [2.24, 2.45) is 0 Å². The minimum atomic E-state index is -0.887. The summed E-state index contributed by atoms with van der Waals surface area (Å²) in [7, 11) is 1.58. The van der Waals surface area contributed by atoms with E-state index in [-0.39, 0.29) is 6.42 Å². The Morgan fingerprint density at radius 2 is 2.24 bits per heavy atom. The average Bonchev–Trinajstić information content (AvgIpc) is 2.76. The maximum absolute atomic E-state index is 10.7. The van der Waals surface area contributed by atoms with Crippen LogP contribution in [-0.4, -0.2) is 28.4 Å². The third kappa shape index (κ3) is 2.28. The van der Waals surface area contributed by atoms with Gasteiger partial charge in [-0.15, -0.1) is 0 Å². The molecular formula is C12H12N2O3. The Balaban J connectivity index is 2.46. The maximum Gasteiger partial charge on any atom is 0.307 e. The standard InChI is InChI=1S/C12H12N2O3/c1-17-10-5-3-2-4-9(10)12-8(6-11(15)16)7-13-14-12/h2-5,7H,6H2,1H3,(H,13,14)(H,15,16). The number of nitrogens with one attached hydrogen (secondary N) is 1. The first-order valence-corrected chi connectivity index (χ1v) is 5.10. The number of aromatic amines is 1. The number of hydrogen-bond donors (Lipinski definition) is 2. The van der Waals surface area contributed by atoms with Gasteiger partial charge in [0.2, 0.25) is 0 Å².